The third kappa shape index (κ3) is 6.41. The van der Waals surface area contributed by atoms with Gasteiger partial charge in [0.15, 0.2) is 0 Å². The number of ether oxygens (including phenoxy) is 2. The highest BCUT2D eigenvalue weighted by molar-refractivity contribution is 6.27. The van der Waals surface area contributed by atoms with Gasteiger partial charge in [0.05, 0.1) is 18.8 Å². The Morgan fingerprint density at radius 1 is 1.22 bits per heavy atom. The summed E-state index contributed by atoms with van der Waals surface area (Å²) in [5, 5.41) is 18.1. The van der Waals surface area contributed by atoms with Crippen LogP contribution in [0.5, 0.6) is 0 Å². The van der Waals surface area contributed by atoms with Crippen molar-refractivity contribution in [3.8, 4) is 0 Å². The molecule has 0 bridgehead atoms. The SMILES string of the molecule is CC(C)(C)OC(=O)N1CCO[C@@H]2CCNC[C@@H]21.O=C(O)C(=O)O. The predicted molar refractivity (Wildman–Crippen MR) is 79.2 cm³/mol. The van der Waals surface area contributed by atoms with Crippen molar-refractivity contribution in [1.29, 1.82) is 0 Å². The lowest BCUT2D eigenvalue weighted by atomic mass is 10.0. The van der Waals surface area contributed by atoms with Gasteiger partial charge in [0.1, 0.15) is 5.60 Å². The van der Waals surface area contributed by atoms with E-state index in [1.807, 2.05) is 25.7 Å². The Balaban J connectivity index is 0.000000379. The van der Waals surface area contributed by atoms with Crippen LogP contribution in [0.25, 0.3) is 0 Å². The Morgan fingerprint density at radius 3 is 2.35 bits per heavy atom. The molecule has 2 rings (SSSR count). The number of carboxylic acids is 2. The normalized spacial score (nSPS) is 23.9. The van der Waals surface area contributed by atoms with Gasteiger partial charge in [0.25, 0.3) is 0 Å². The van der Waals surface area contributed by atoms with Gasteiger partial charge in [-0.2, -0.15) is 0 Å². The largest absolute Gasteiger partial charge is 0.473 e. The van der Waals surface area contributed by atoms with Crippen LogP contribution < -0.4 is 5.32 Å². The number of carbonyl (C=O) groups is 3. The van der Waals surface area contributed by atoms with Crippen molar-refractivity contribution in [2.75, 3.05) is 26.2 Å². The van der Waals surface area contributed by atoms with Crippen molar-refractivity contribution in [3.05, 3.63) is 0 Å². The standard InChI is InChI=1S/C12H22N2O3.C2H2O4/c1-12(2,3)17-11(15)14-6-7-16-10-4-5-13-8-9(10)14;3-1(4)2(5)6/h9-10,13H,4-8H2,1-3H3;(H,3,4)(H,5,6)/t9-,10+;/m0./s1. The lowest BCUT2D eigenvalue weighted by Gasteiger charge is -2.43. The van der Waals surface area contributed by atoms with Crippen molar-refractivity contribution in [1.82, 2.24) is 10.2 Å². The van der Waals surface area contributed by atoms with Crippen molar-refractivity contribution in [2.24, 2.45) is 0 Å². The minimum absolute atomic E-state index is 0.118. The number of nitrogens with zero attached hydrogens (tertiary/aromatic N) is 1. The maximum absolute atomic E-state index is 12.1. The van der Waals surface area contributed by atoms with Crippen LogP contribution in [0.3, 0.4) is 0 Å². The molecule has 0 aliphatic carbocycles. The molecular formula is C14H24N2O7. The maximum atomic E-state index is 12.1. The summed E-state index contributed by atoms with van der Waals surface area (Å²) >= 11 is 0. The van der Waals surface area contributed by atoms with Gasteiger partial charge in [-0.15, -0.1) is 0 Å². The highest BCUT2D eigenvalue weighted by atomic mass is 16.6. The summed E-state index contributed by atoms with van der Waals surface area (Å²) in [5.41, 5.74) is -0.438. The molecule has 0 radical (unpaired) electrons. The van der Waals surface area contributed by atoms with Crippen LogP contribution in [0.4, 0.5) is 4.79 Å². The number of morpholine rings is 1. The first kappa shape index (κ1) is 19.2. The summed E-state index contributed by atoms with van der Waals surface area (Å²) in [6.07, 6.45) is 0.904. The summed E-state index contributed by atoms with van der Waals surface area (Å²) in [4.78, 5) is 32.1. The summed E-state index contributed by atoms with van der Waals surface area (Å²) < 4.78 is 11.1. The first-order valence-electron chi connectivity index (χ1n) is 7.40. The van der Waals surface area contributed by atoms with Crippen molar-refractivity contribution in [3.63, 3.8) is 0 Å². The van der Waals surface area contributed by atoms with E-state index in [0.717, 1.165) is 19.5 Å². The first-order valence-corrected chi connectivity index (χ1v) is 7.40. The summed E-state index contributed by atoms with van der Waals surface area (Å²) in [5.74, 6) is -3.65. The Morgan fingerprint density at radius 2 is 1.83 bits per heavy atom. The molecule has 23 heavy (non-hydrogen) atoms. The summed E-state index contributed by atoms with van der Waals surface area (Å²) in [6, 6.07) is 0.118. The predicted octanol–water partition coefficient (Wildman–Crippen LogP) is 0.140. The number of hydrogen-bond donors (Lipinski definition) is 3. The van der Waals surface area contributed by atoms with Crippen molar-refractivity contribution < 1.29 is 34.1 Å². The molecule has 0 aromatic heterocycles. The molecule has 2 fully saturated rings. The molecular weight excluding hydrogens is 308 g/mol. The Bertz CT molecular complexity index is 433. The number of carboxylic acid groups (broad SMARTS) is 2. The smallest absolute Gasteiger partial charge is 0.414 e. The molecule has 0 aromatic carbocycles. The third-order valence-corrected chi connectivity index (χ3v) is 3.26. The number of amides is 1. The summed E-state index contributed by atoms with van der Waals surface area (Å²) in [6.45, 7) is 8.66. The van der Waals surface area contributed by atoms with E-state index in [1.165, 1.54) is 0 Å². The molecule has 9 heteroatoms. The number of carbonyl (C=O) groups excluding carboxylic acids is 1. The quantitative estimate of drug-likeness (QED) is 0.535. The number of aliphatic carboxylic acids is 2. The van der Waals surface area contributed by atoms with E-state index in [1.54, 1.807) is 0 Å². The number of piperidine rings is 1. The second-order valence-corrected chi connectivity index (χ2v) is 6.25. The van der Waals surface area contributed by atoms with E-state index in [9.17, 15) is 4.79 Å². The lowest BCUT2D eigenvalue weighted by Crippen LogP contribution is -2.61. The fraction of sp³-hybridized carbons (Fsp3) is 0.786. The van der Waals surface area contributed by atoms with Gasteiger partial charge in [-0.3, -0.25) is 4.90 Å². The van der Waals surface area contributed by atoms with Crippen LogP contribution in [0.1, 0.15) is 27.2 Å². The van der Waals surface area contributed by atoms with E-state index < -0.39 is 17.5 Å². The topological polar surface area (TPSA) is 125 Å². The number of rotatable bonds is 0. The molecule has 1 amide bonds. The molecule has 2 saturated heterocycles. The minimum atomic E-state index is -1.82. The molecule has 9 nitrogen and oxygen atoms in total. The zero-order valence-corrected chi connectivity index (χ0v) is 13.6. The molecule has 0 saturated carbocycles. The second kappa shape index (κ2) is 8.11. The van der Waals surface area contributed by atoms with Crippen LogP contribution in [-0.2, 0) is 19.1 Å². The highest BCUT2D eigenvalue weighted by Gasteiger charge is 2.38. The molecule has 2 aliphatic rings. The number of nitrogens with one attached hydrogen (secondary N) is 1. The van der Waals surface area contributed by atoms with Crippen LogP contribution in [0, 0.1) is 0 Å². The van der Waals surface area contributed by atoms with Crippen molar-refractivity contribution >= 4 is 18.0 Å². The van der Waals surface area contributed by atoms with Gasteiger partial charge in [-0.05, 0) is 33.7 Å². The van der Waals surface area contributed by atoms with Crippen LogP contribution in [0.2, 0.25) is 0 Å². The highest BCUT2D eigenvalue weighted by Crippen LogP contribution is 2.21. The molecule has 0 aromatic rings. The first-order chi connectivity index (χ1) is 10.6. The number of hydrogen-bond acceptors (Lipinski definition) is 6. The minimum Gasteiger partial charge on any atom is -0.473 e. The summed E-state index contributed by atoms with van der Waals surface area (Å²) in [7, 11) is 0. The third-order valence-electron chi connectivity index (χ3n) is 3.26. The van der Waals surface area contributed by atoms with Crippen molar-refractivity contribution in [2.45, 2.75) is 44.9 Å². The molecule has 0 unspecified atom stereocenters. The van der Waals surface area contributed by atoms with E-state index >= 15 is 0 Å². The van der Waals surface area contributed by atoms with Gasteiger partial charge >= 0.3 is 18.0 Å². The Hall–Kier alpha value is -1.87. The van der Waals surface area contributed by atoms with E-state index in [4.69, 9.17) is 29.3 Å². The zero-order chi connectivity index (χ0) is 17.6. The van der Waals surface area contributed by atoms with Crippen LogP contribution in [-0.4, -0.2) is 77.1 Å². The van der Waals surface area contributed by atoms with E-state index in [0.29, 0.717) is 13.2 Å². The number of fused-ring (bicyclic) bond motifs is 1. The molecule has 132 valence electrons. The van der Waals surface area contributed by atoms with E-state index in [2.05, 4.69) is 5.32 Å². The van der Waals surface area contributed by atoms with Gasteiger partial charge in [-0.1, -0.05) is 0 Å². The van der Waals surface area contributed by atoms with Gasteiger partial charge in [0.2, 0.25) is 0 Å². The monoisotopic (exact) mass is 332 g/mol. The average Bonchev–Trinajstić information content (AvgIpc) is 2.45. The second-order valence-electron chi connectivity index (χ2n) is 6.25. The lowest BCUT2D eigenvalue weighted by molar-refractivity contribution is -0.159. The zero-order valence-electron chi connectivity index (χ0n) is 13.6. The molecule has 2 aliphatic heterocycles. The molecule has 0 spiro atoms. The fourth-order valence-electron chi connectivity index (χ4n) is 2.34. The van der Waals surface area contributed by atoms with Gasteiger partial charge in [0, 0.05) is 13.1 Å². The average molecular weight is 332 g/mol. The van der Waals surface area contributed by atoms with Gasteiger partial charge in [-0.25, -0.2) is 14.4 Å². The molecule has 2 atom stereocenters. The van der Waals surface area contributed by atoms with Crippen LogP contribution >= 0.6 is 0 Å². The molecule has 3 N–H and O–H groups in total. The maximum Gasteiger partial charge on any atom is 0.414 e. The van der Waals surface area contributed by atoms with E-state index in [-0.39, 0.29) is 18.2 Å². The Labute approximate surface area is 134 Å². The van der Waals surface area contributed by atoms with Crippen LogP contribution in [0.15, 0.2) is 0 Å². The van der Waals surface area contributed by atoms with Gasteiger partial charge < -0.3 is 25.0 Å². The molecule has 2 heterocycles. The Kier molecular flexibility index (Phi) is 6.77. The fourth-order valence-corrected chi connectivity index (χ4v) is 2.34.